The monoisotopic (exact) mass is 421 g/mol. The Balaban J connectivity index is 1.08. The molecule has 0 radical (unpaired) electrons. The largest absolute Gasteiger partial charge is 0.354 e. The van der Waals surface area contributed by atoms with Crippen LogP contribution in [0.1, 0.15) is 5.56 Å². The molecule has 2 aliphatic heterocycles. The Kier molecular flexibility index (Phi) is 4.21. The number of hydrogen-bond donors (Lipinski definition) is 3. The molecule has 31 heavy (non-hydrogen) atoms. The highest BCUT2D eigenvalue weighted by molar-refractivity contribution is 5.88. The van der Waals surface area contributed by atoms with Gasteiger partial charge in [0.25, 0.3) is 0 Å². The second kappa shape index (κ2) is 6.88. The summed E-state index contributed by atoms with van der Waals surface area (Å²) in [6.45, 7) is 4.41. The van der Waals surface area contributed by atoms with Crippen molar-refractivity contribution in [2.45, 2.75) is 18.6 Å². The number of likely N-dealkylation sites (tertiary alicyclic amines) is 2. The topological polar surface area (TPSA) is 123 Å². The fourth-order valence-corrected chi connectivity index (χ4v) is 5.40. The Labute approximate surface area is 180 Å². The summed E-state index contributed by atoms with van der Waals surface area (Å²) in [6, 6.07) is 10.0. The highest BCUT2D eigenvalue weighted by Gasteiger charge is 2.55. The first kappa shape index (κ1) is 19.0. The zero-order valence-corrected chi connectivity index (χ0v) is 17.2. The Morgan fingerprint density at radius 3 is 2.19 bits per heavy atom. The minimum atomic E-state index is -0.426. The molecule has 1 aromatic heterocycles. The number of hydrogen-bond acceptors (Lipinski definition) is 6. The van der Waals surface area contributed by atoms with Crippen LogP contribution in [0.2, 0.25) is 0 Å². The van der Waals surface area contributed by atoms with Crippen molar-refractivity contribution in [3.05, 3.63) is 52.6 Å². The van der Waals surface area contributed by atoms with Crippen molar-refractivity contribution in [3.8, 4) is 5.69 Å². The fraction of sp³-hybridized carbons (Fsp3) is 0.500. The fourth-order valence-electron chi connectivity index (χ4n) is 5.40. The van der Waals surface area contributed by atoms with Gasteiger partial charge in [-0.3, -0.25) is 14.8 Å². The van der Waals surface area contributed by atoms with Crippen LogP contribution in [0.5, 0.6) is 0 Å². The van der Waals surface area contributed by atoms with Crippen molar-refractivity contribution < 1.29 is 4.79 Å². The number of piperidine rings is 2. The molecule has 9 nitrogen and oxygen atoms in total. The van der Waals surface area contributed by atoms with E-state index in [1.807, 2.05) is 24.3 Å². The van der Waals surface area contributed by atoms with E-state index in [0.29, 0.717) is 42.8 Å². The maximum atomic E-state index is 12.5. The smallest absolute Gasteiger partial charge is 0.327 e. The number of carbonyl (C=O) groups excluding carboxylic acids is 1. The summed E-state index contributed by atoms with van der Waals surface area (Å²) in [7, 11) is 0. The summed E-state index contributed by atoms with van der Waals surface area (Å²) in [6.07, 6.45) is 1.65. The lowest BCUT2D eigenvalue weighted by atomic mass is 10.2. The van der Waals surface area contributed by atoms with Gasteiger partial charge in [-0.05, 0) is 47.4 Å². The van der Waals surface area contributed by atoms with Crippen molar-refractivity contribution >= 4 is 11.8 Å². The van der Waals surface area contributed by atoms with Crippen LogP contribution in [-0.4, -0.2) is 63.6 Å². The summed E-state index contributed by atoms with van der Waals surface area (Å²) in [5.41, 5.74) is 13.5. The Morgan fingerprint density at radius 2 is 1.58 bits per heavy atom. The molecular formula is C22H27N7O2. The lowest BCUT2D eigenvalue weighted by Gasteiger charge is -2.19. The summed E-state index contributed by atoms with van der Waals surface area (Å²) in [4.78, 5) is 33.1. The molecule has 4 fully saturated rings. The highest BCUT2D eigenvalue weighted by atomic mass is 16.2. The van der Waals surface area contributed by atoms with Gasteiger partial charge in [0, 0.05) is 51.0 Å². The van der Waals surface area contributed by atoms with Gasteiger partial charge in [0.15, 0.2) is 0 Å². The number of fused-ring (bicyclic) bond motifs is 2. The quantitative estimate of drug-likeness (QED) is 0.641. The highest BCUT2D eigenvalue weighted by Crippen LogP contribution is 2.44. The van der Waals surface area contributed by atoms with Crippen molar-refractivity contribution in [3.63, 3.8) is 0 Å². The third-order valence-corrected chi connectivity index (χ3v) is 7.54. The summed E-state index contributed by atoms with van der Waals surface area (Å²) < 4.78 is 1.48. The normalized spacial score (nSPS) is 33.2. The van der Waals surface area contributed by atoms with Crippen LogP contribution in [0.4, 0.5) is 10.6 Å². The minimum Gasteiger partial charge on any atom is -0.327 e. The molecule has 5 N–H and O–H groups in total. The van der Waals surface area contributed by atoms with E-state index in [9.17, 15) is 9.59 Å². The third kappa shape index (κ3) is 3.33. The Bertz CT molecular complexity index is 1060. The van der Waals surface area contributed by atoms with Crippen LogP contribution in [-0.2, 0) is 6.54 Å². The van der Waals surface area contributed by atoms with Crippen LogP contribution in [0, 0.1) is 23.7 Å². The number of nitrogens with zero attached hydrogens (tertiary/aromatic N) is 4. The van der Waals surface area contributed by atoms with E-state index in [1.54, 1.807) is 17.2 Å². The van der Waals surface area contributed by atoms with Gasteiger partial charge < -0.3 is 16.4 Å². The number of rotatable bonds is 4. The number of urea groups is 1. The molecule has 0 bridgehead atoms. The van der Waals surface area contributed by atoms with E-state index in [-0.39, 0.29) is 17.9 Å². The van der Waals surface area contributed by atoms with E-state index in [1.165, 1.54) is 10.1 Å². The number of nitrogens with two attached hydrogens (primary N) is 2. The van der Waals surface area contributed by atoms with Gasteiger partial charge in [-0.25, -0.2) is 9.59 Å². The number of anilines is 1. The molecule has 2 aliphatic carbocycles. The summed E-state index contributed by atoms with van der Waals surface area (Å²) in [5, 5.41) is 2.73. The van der Waals surface area contributed by atoms with Crippen LogP contribution in [0.3, 0.4) is 0 Å². The molecule has 9 heteroatoms. The molecule has 2 saturated heterocycles. The summed E-state index contributed by atoms with van der Waals surface area (Å²) >= 11 is 0. The van der Waals surface area contributed by atoms with Crippen molar-refractivity contribution in [2.75, 3.05) is 31.5 Å². The van der Waals surface area contributed by atoms with Gasteiger partial charge in [-0.1, -0.05) is 12.1 Å². The molecule has 6 rings (SSSR count). The molecule has 6 atom stereocenters. The van der Waals surface area contributed by atoms with Crippen LogP contribution in [0.25, 0.3) is 5.69 Å². The average molecular weight is 422 g/mol. The Hall–Kier alpha value is -2.75. The molecule has 4 aliphatic rings. The van der Waals surface area contributed by atoms with Crippen molar-refractivity contribution in [2.24, 2.45) is 35.1 Å². The van der Waals surface area contributed by atoms with Crippen LogP contribution in [0.15, 0.2) is 41.3 Å². The van der Waals surface area contributed by atoms with Gasteiger partial charge in [0.05, 0.1) is 5.69 Å². The molecule has 162 valence electrons. The first-order chi connectivity index (χ1) is 15.0. The number of nitrogens with one attached hydrogen (secondary N) is 1. The number of aromatic nitrogens is 2. The lowest BCUT2D eigenvalue weighted by molar-refractivity contribution is 0.216. The molecule has 2 amide bonds. The van der Waals surface area contributed by atoms with Crippen LogP contribution >= 0.6 is 0 Å². The Morgan fingerprint density at radius 1 is 0.968 bits per heavy atom. The molecule has 2 aromatic rings. The maximum absolute atomic E-state index is 12.5. The first-order valence-corrected chi connectivity index (χ1v) is 11.0. The van der Waals surface area contributed by atoms with Crippen molar-refractivity contribution in [1.82, 2.24) is 19.4 Å². The van der Waals surface area contributed by atoms with Gasteiger partial charge in [-0.15, -0.1) is 0 Å². The third-order valence-electron chi connectivity index (χ3n) is 7.54. The van der Waals surface area contributed by atoms with Crippen LogP contribution < -0.4 is 22.5 Å². The molecule has 3 unspecified atom stereocenters. The minimum absolute atomic E-state index is 0.228. The van der Waals surface area contributed by atoms with Crippen molar-refractivity contribution in [1.29, 1.82) is 0 Å². The zero-order valence-electron chi connectivity index (χ0n) is 17.2. The zero-order chi connectivity index (χ0) is 21.3. The average Bonchev–Trinajstić information content (AvgIpc) is 3.35. The predicted molar refractivity (Wildman–Crippen MR) is 116 cm³/mol. The number of amides is 2. The summed E-state index contributed by atoms with van der Waals surface area (Å²) in [5.74, 6) is 2.46. The lowest BCUT2D eigenvalue weighted by Crippen LogP contribution is -2.37. The molecule has 3 heterocycles. The van der Waals surface area contributed by atoms with E-state index in [2.05, 4.69) is 15.2 Å². The van der Waals surface area contributed by atoms with Gasteiger partial charge in [0.1, 0.15) is 5.82 Å². The standard InChI is InChI=1S/C22H27N7O2/c23-19-14-8-27(9-15(14)19)7-12-1-3-13(4-2-12)29-6-5-18(26-22(29)31)25-21(30)28-10-16-17(11-28)20(16)24/h1-6,14-17,19-20H,7-11,23-24H2,(H,25,26,30,31)/t14-,15+,16-,17?,19?,20?/m0/s1. The molecule has 1 aromatic carbocycles. The maximum Gasteiger partial charge on any atom is 0.354 e. The van der Waals surface area contributed by atoms with E-state index in [4.69, 9.17) is 11.5 Å². The number of benzene rings is 1. The molecule has 0 spiro atoms. The second-order valence-electron chi connectivity index (χ2n) is 9.47. The number of carbonyl (C=O) groups is 1. The van der Waals surface area contributed by atoms with Gasteiger partial charge in [0.2, 0.25) is 0 Å². The van der Waals surface area contributed by atoms with Gasteiger partial charge in [-0.2, -0.15) is 4.98 Å². The van der Waals surface area contributed by atoms with E-state index < -0.39 is 5.69 Å². The molecule has 2 saturated carbocycles. The molecular weight excluding hydrogens is 394 g/mol. The SMILES string of the molecule is NC1C2CN(C(=O)Nc3ccn(-c4ccc(CN5C[C@@H]6C(N)[C@@H]6C5)cc4)c(=O)n3)C[C@H]12. The second-order valence-corrected chi connectivity index (χ2v) is 9.47. The van der Waals surface area contributed by atoms with E-state index in [0.717, 1.165) is 25.3 Å². The van der Waals surface area contributed by atoms with E-state index >= 15 is 0 Å². The first-order valence-electron chi connectivity index (χ1n) is 11.0. The predicted octanol–water partition coefficient (Wildman–Crippen LogP) is 0.0422. The van der Waals surface area contributed by atoms with Gasteiger partial charge >= 0.3 is 11.7 Å².